The number of carbonyl (C=O) groups is 3. The van der Waals surface area contributed by atoms with Crippen LogP contribution in [0.4, 0.5) is 0 Å². The molecule has 0 bridgehead atoms. The summed E-state index contributed by atoms with van der Waals surface area (Å²) in [6, 6.07) is 0. The molecule has 444 valence electrons. The van der Waals surface area contributed by atoms with Crippen LogP contribution in [0.2, 0.25) is 0 Å². The number of hydrogen-bond donors (Lipinski definition) is 0. The summed E-state index contributed by atoms with van der Waals surface area (Å²) in [6.45, 7) is 6.35. The molecule has 1 unspecified atom stereocenters. The van der Waals surface area contributed by atoms with Crippen molar-refractivity contribution in [2.24, 2.45) is 0 Å². The first kappa shape index (κ1) is 74.0. The number of unbranched alkanes of at least 4 members (excludes halogenated alkanes) is 19. The molecule has 0 aliphatic rings. The van der Waals surface area contributed by atoms with E-state index in [9.17, 15) is 14.4 Å². The summed E-state index contributed by atoms with van der Waals surface area (Å²) in [5.74, 6) is -0.980. The Hall–Kier alpha value is -4.97. The molecule has 1 atom stereocenters. The van der Waals surface area contributed by atoms with Crippen LogP contribution in [0.15, 0.2) is 158 Å². The Morgan fingerprint density at radius 3 is 0.810 bits per heavy atom. The Morgan fingerprint density at radius 1 is 0.266 bits per heavy atom. The van der Waals surface area contributed by atoms with Crippen LogP contribution in [0, 0.1) is 0 Å². The molecule has 0 amide bonds. The third kappa shape index (κ3) is 63.7. The lowest BCUT2D eigenvalue weighted by Crippen LogP contribution is -2.30. The van der Waals surface area contributed by atoms with Crippen molar-refractivity contribution in [1.82, 2.24) is 0 Å². The first-order valence-electron chi connectivity index (χ1n) is 32.0. The van der Waals surface area contributed by atoms with Crippen LogP contribution in [-0.4, -0.2) is 37.2 Å². The zero-order chi connectivity index (χ0) is 57.1. The summed E-state index contributed by atoms with van der Waals surface area (Å²) < 4.78 is 16.8. The van der Waals surface area contributed by atoms with Gasteiger partial charge in [-0.15, -0.1) is 0 Å². The third-order valence-electron chi connectivity index (χ3n) is 13.0. The molecule has 0 spiro atoms. The predicted octanol–water partition coefficient (Wildman–Crippen LogP) is 22.1. The molecule has 0 rings (SSSR count). The maximum atomic E-state index is 12.9. The van der Waals surface area contributed by atoms with Gasteiger partial charge in [0, 0.05) is 19.3 Å². The SMILES string of the molecule is CC/C=C\C/C=C\C/C=C\C/C=C\C/C=C\C/C=C\C/C=C\CCCC(=O)OC(COC(=O)CCCCCCCCCC/C=C\C/C=C\C/C=C\C/C=C\C/C=C\C/C=C\CC)COC(=O)CCCCCCCCCCCCC. The van der Waals surface area contributed by atoms with Gasteiger partial charge in [0.2, 0.25) is 0 Å². The molecule has 0 radical (unpaired) electrons. The molecule has 0 saturated carbocycles. The largest absolute Gasteiger partial charge is 0.462 e. The average Bonchev–Trinajstić information content (AvgIpc) is 3.45. The van der Waals surface area contributed by atoms with Gasteiger partial charge in [-0.3, -0.25) is 14.4 Å². The fourth-order valence-electron chi connectivity index (χ4n) is 8.32. The molecular formula is C73H116O6. The Kier molecular flexibility index (Phi) is 61.4. The van der Waals surface area contributed by atoms with E-state index in [2.05, 4.69) is 179 Å². The molecule has 79 heavy (non-hydrogen) atoms. The molecule has 0 fully saturated rings. The van der Waals surface area contributed by atoms with Gasteiger partial charge in [0.05, 0.1) is 0 Å². The van der Waals surface area contributed by atoms with Crippen LogP contribution in [0.1, 0.15) is 265 Å². The van der Waals surface area contributed by atoms with E-state index in [-0.39, 0.29) is 37.5 Å². The summed E-state index contributed by atoms with van der Waals surface area (Å²) in [4.78, 5) is 38.2. The molecule has 0 heterocycles. The quantitative estimate of drug-likeness (QED) is 0.0261. The number of allylic oxidation sites excluding steroid dienone is 26. The van der Waals surface area contributed by atoms with Crippen molar-refractivity contribution in [3.63, 3.8) is 0 Å². The maximum Gasteiger partial charge on any atom is 0.306 e. The van der Waals surface area contributed by atoms with Crippen LogP contribution < -0.4 is 0 Å². The van der Waals surface area contributed by atoms with Crippen LogP contribution in [0.5, 0.6) is 0 Å². The van der Waals surface area contributed by atoms with Crippen molar-refractivity contribution in [1.29, 1.82) is 0 Å². The first-order chi connectivity index (χ1) is 39.0. The Morgan fingerprint density at radius 2 is 0.506 bits per heavy atom. The maximum absolute atomic E-state index is 12.9. The number of esters is 3. The van der Waals surface area contributed by atoms with Crippen molar-refractivity contribution >= 4 is 17.9 Å². The second-order valence-electron chi connectivity index (χ2n) is 20.6. The van der Waals surface area contributed by atoms with Gasteiger partial charge in [0.15, 0.2) is 6.10 Å². The zero-order valence-corrected chi connectivity index (χ0v) is 50.8. The Bertz CT molecular complexity index is 1780. The van der Waals surface area contributed by atoms with E-state index >= 15 is 0 Å². The van der Waals surface area contributed by atoms with Crippen molar-refractivity contribution in [3.05, 3.63) is 158 Å². The second kappa shape index (κ2) is 65.5. The number of carbonyl (C=O) groups excluding carboxylic acids is 3. The highest BCUT2D eigenvalue weighted by molar-refractivity contribution is 5.71. The van der Waals surface area contributed by atoms with Gasteiger partial charge < -0.3 is 14.2 Å². The van der Waals surface area contributed by atoms with Crippen LogP contribution in [0.25, 0.3) is 0 Å². The minimum atomic E-state index is -0.819. The fourth-order valence-corrected chi connectivity index (χ4v) is 8.32. The lowest BCUT2D eigenvalue weighted by Gasteiger charge is -2.18. The number of ether oxygens (including phenoxy) is 3. The van der Waals surface area contributed by atoms with E-state index in [1.165, 1.54) is 83.5 Å². The minimum absolute atomic E-state index is 0.108. The molecule has 0 N–H and O–H groups in total. The summed E-state index contributed by atoms with van der Waals surface area (Å²) in [5.41, 5.74) is 0. The van der Waals surface area contributed by atoms with Crippen molar-refractivity contribution in [2.45, 2.75) is 271 Å². The van der Waals surface area contributed by atoms with E-state index in [1.807, 2.05) is 0 Å². The topological polar surface area (TPSA) is 78.9 Å². The summed E-state index contributed by atoms with van der Waals surface area (Å²) in [5, 5.41) is 0. The second-order valence-corrected chi connectivity index (χ2v) is 20.6. The number of hydrogen-bond acceptors (Lipinski definition) is 6. The highest BCUT2D eigenvalue weighted by atomic mass is 16.6. The van der Waals surface area contributed by atoms with Crippen molar-refractivity contribution in [3.8, 4) is 0 Å². The Labute approximate surface area is 486 Å². The highest BCUT2D eigenvalue weighted by Gasteiger charge is 2.19. The lowest BCUT2D eigenvalue weighted by molar-refractivity contribution is -0.167. The van der Waals surface area contributed by atoms with Gasteiger partial charge in [-0.05, 0) is 122 Å². The molecule has 0 aliphatic heterocycles. The first-order valence-corrected chi connectivity index (χ1v) is 32.0. The molecule has 0 aromatic heterocycles. The van der Waals surface area contributed by atoms with E-state index in [0.29, 0.717) is 19.3 Å². The fraction of sp³-hybridized carbons (Fsp3) is 0.603. The monoisotopic (exact) mass is 1090 g/mol. The van der Waals surface area contributed by atoms with E-state index in [4.69, 9.17) is 14.2 Å². The molecule has 0 aromatic rings. The zero-order valence-electron chi connectivity index (χ0n) is 50.8. The molecular weight excluding hydrogens is 973 g/mol. The van der Waals surface area contributed by atoms with Crippen molar-refractivity contribution < 1.29 is 28.6 Å². The third-order valence-corrected chi connectivity index (χ3v) is 13.0. The smallest absolute Gasteiger partial charge is 0.306 e. The lowest BCUT2D eigenvalue weighted by atomic mass is 10.1. The van der Waals surface area contributed by atoms with Gasteiger partial charge in [-0.2, -0.15) is 0 Å². The van der Waals surface area contributed by atoms with Gasteiger partial charge in [0.1, 0.15) is 13.2 Å². The van der Waals surface area contributed by atoms with E-state index < -0.39 is 6.10 Å². The van der Waals surface area contributed by atoms with Crippen LogP contribution in [0.3, 0.4) is 0 Å². The van der Waals surface area contributed by atoms with Gasteiger partial charge in [0.25, 0.3) is 0 Å². The Balaban J connectivity index is 4.43. The minimum Gasteiger partial charge on any atom is -0.462 e. The standard InChI is InChI=1S/C73H116O6/c1-4-7-10-13-16-19-22-24-26-28-30-32-34-35-36-37-39-40-42-44-46-48-51-54-57-60-63-66-72(75)78-69-70(68-77-71(74)65-62-59-56-53-50-21-18-15-12-9-6-3)79-73(76)67-64-61-58-55-52-49-47-45-43-41-38-33-31-29-27-25-23-20-17-14-11-8-5-2/h7-8,10-11,16-17,19-20,24-27,30-33,35-36,39-41,43,47,49,55,58,70H,4-6,9,12-15,18,21-23,28-29,34,37-38,42,44-46,48,50-54,56-57,59-69H2,1-3H3/b10-7-,11-8-,19-16-,20-17-,26-24-,27-25-,32-30-,33-31-,36-35-,40-39-,43-41-,49-47-,58-55-. The van der Waals surface area contributed by atoms with Gasteiger partial charge >= 0.3 is 17.9 Å². The average molecular weight is 1090 g/mol. The highest BCUT2D eigenvalue weighted by Crippen LogP contribution is 2.15. The van der Waals surface area contributed by atoms with Gasteiger partial charge in [-0.25, -0.2) is 0 Å². The molecule has 0 aromatic carbocycles. The number of rotatable bonds is 56. The van der Waals surface area contributed by atoms with E-state index in [1.54, 1.807) is 0 Å². The normalized spacial score (nSPS) is 13.2. The van der Waals surface area contributed by atoms with E-state index in [0.717, 1.165) is 135 Å². The summed E-state index contributed by atoms with van der Waals surface area (Å²) in [7, 11) is 0. The summed E-state index contributed by atoms with van der Waals surface area (Å²) in [6.07, 6.45) is 95.4. The summed E-state index contributed by atoms with van der Waals surface area (Å²) >= 11 is 0. The molecule has 0 saturated heterocycles. The van der Waals surface area contributed by atoms with Gasteiger partial charge in [-0.1, -0.05) is 281 Å². The molecule has 0 aliphatic carbocycles. The molecule has 6 nitrogen and oxygen atoms in total. The van der Waals surface area contributed by atoms with Crippen LogP contribution >= 0.6 is 0 Å². The predicted molar refractivity (Wildman–Crippen MR) is 343 cm³/mol. The van der Waals surface area contributed by atoms with Crippen molar-refractivity contribution in [2.75, 3.05) is 13.2 Å². The van der Waals surface area contributed by atoms with Crippen LogP contribution in [-0.2, 0) is 28.6 Å². The molecule has 6 heteroatoms.